The fraction of sp³-hybridized carbons (Fsp3) is 0.0833. The zero-order valence-electron chi connectivity index (χ0n) is 8.67. The monoisotopic (exact) mass is 340 g/mol. The summed E-state index contributed by atoms with van der Waals surface area (Å²) >= 11 is 6.87. The van der Waals surface area contributed by atoms with E-state index in [0.717, 1.165) is 20.3 Å². The summed E-state index contributed by atoms with van der Waals surface area (Å²) in [5, 5.41) is 3.30. The molecule has 4 heteroatoms. The molecule has 1 N–H and O–H groups in total. The molecule has 2 aromatic rings. The zero-order chi connectivity index (χ0) is 11.5. The van der Waals surface area contributed by atoms with Crippen molar-refractivity contribution in [3.8, 4) is 0 Å². The molecule has 2 nitrogen and oxygen atoms in total. The summed E-state index contributed by atoms with van der Waals surface area (Å²) in [6, 6.07) is 8.14. The number of anilines is 2. The summed E-state index contributed by atoms with van der Waals surface area (Å²) in [5.41, 5.74) is 3.23. The van der Waals surface area contributed by atoms with Crippen molar-refractivity contribution in [2.75, 3.05) is 5.32 Å². The van der Waals surface area contributed by atoms with Gasteiger partial charge in [0, 0.05) is 20.8 Å². The fourth-order valence-corrected chi connectivity index (χ4v) is 1.98. The van der Waals surface area contributed by atoms with Crippen molar-refractivity contribution < 1.29 is 0 Å². The van der Waals surface area contributed by atoms with E-state index in [0.29, 0.717) is 0 Å². The van der Waals surface area contributed by atoms with Crippen LogP contribution in [0, 0.1) is 6.92 Å². The van der Waals surface area contributed by atoms with E-state index < -0.39 is 0 Å². The van der Waals surface area contributed by atoms with Gasteiger partial charge in [-0.3, -0.25) is 4.98 Å². The predicted octanol–water partition coefficient (Wildman–Crippen LogP) is 4.66. The van der Waals surface area contributed by atoms with Crippen LogP contribution in [0.2, 0.25) is 0 Å². The number of halogens is 2. The molecule has 0 saturated carbocycles. The fourth-order valence-electron chi connectivity index (χ4n) is 1.37. The van der Waals surface area contributed by atoms with Crippen molar-refractivity contribution in [3.63, 3.8) is 0 Å². The Morgan fingerprint density at radius 2 is 1.88 bits per heavy atom. The summed E-state index contributed by atoms with van der Waals surface area (Å²) in [6.07, 6.45) is 3.56. The van der Waals surface area contributed by atoms with Gasteiger partial charge in [0.05, 0.1) is 11.9 Å². The van der Waals surface area contributed by atoms with Crippen molar-refractivity contribution in [2.45, 2.75) is 6.92 Å². The quantitative estimate of drug-likeness (QED) is 0.859. The molecule has 0 aliphatic heterocycles. The summed E-state index contributed by atoms with van der Waals surface area (Å²) in [5.74, 6) is 0. The van der Waals surface area contributed by atoms with Gasteiger partial charge in [0.25, 0.3) is 0 Å². The van der Waals surface area contributed by atoms with E-state index in [-0.39, 0.29) is 0 Å². The van der Waals surface area contributed by atoms with Crippen LogP contribution in [0.3, 0.4) is 0 Å². The van der Waals surface area contributed by atoms with Gasteiger partial charge in [-0.15, -0.1) is 0 Å². The van der Waals surface area contributed by atoms with E-state index in [9.17, 15) is 0 Å². The van der Waals surface area contributed by atoms with Crippen molar-refractivity contribution in [2.24, 2.45) is 0 Å². The third kappa shape index (κ3) is 2.83. The molecule has 1 aromatic heterocycles. The van der Waals surface area contributed by atoms with Crippen molar-refractivity contribution in [3.05, 3.63) is 51.2 Å². The summed E-state index contributed by atoms with van der Waals surface area (Å²) < 4.78 is 2.08. The van der Waals surface area contributed by atoms with Crippen LogP contribution in [0.4, 0.5) is 11.4 Å². The normalized spacial score (nSPS) is 10.2. The van der Waals surface area contributed by atoms with Gasteiger partial charge in [-0.25, -0.2) is 0 Å². The van der Waals surface area contributed by atoms with E-state index >= 15 is 0 Å². The largest absolute Gasteiger partial charge is 0.354 e. The van der Waals surface area contributed by atoms with E-state index in [4.69, 9.17) is 0 Å². The first-order valence-corrected chi connectivity index (χ1v) is 6.37. The van der Waals surface area contributed by atoms with Crippen LogP contribution in [0.25, 0.3) is 0 Å². The smallest absolute Gasteiger partial charge is 0.0582 e. The van der Waals surface area contributed by atoms with Crippen LogP contribution in [-0.2, 0) is 0 Å². The number of hydrogen-bond donors (Lipinski definition) is 1. The highest BCUT2D eigenvalue weighted by molar-refractivity contribution is 9.10. The van der Waals surface area contributed by atoms with Gasteiger partial charge in [0.2, 0.25) is 0 Å². The minimum atomic E-state index is 0.964. The molecule has 82 valence electrons. The first-order valence-electron chi connectivity index (χ1n) is 4.79. The number of hydrogen-bond acceptors (Lipinski definition) is 2. The second-order valence-electron chi connectivity index (χ2n) is 3.48. The third-order valence-corrected chi connectivity index (χ3v) is 3.47. The van der Waals surface area contributed by atoms with Gasteiger partial charge in [-0.05, 0) is 52.7 Å². The molecule has 16 heavy (non-hydrogen) atoms. The second kappa shape index (κ2) is 4.97. The Morgan fingerprint density at radius 3 is 2.56 bits per heavy atom. The standard InChI is InChI=1S/C12H10Br2N2/c1-8-4-10(2-3-12(8)14)16-11-5-9(13)6-15-7-11/h2-7,16H,1H3. The average molecular weight is 342 g/mol. The summed E-state index contributed by atoms with van der Waals surface area (Å²) in [4.78, 5) is 4.10. The number of nitrogens with zero attached hydrogens (tertiary/aromatic N) is 1. The topological polar surface area (TPSA) is 24.9 Å². The number of benzene rings is 1. The Kier molecular flexibility index (Phi) is 3.61. The number of pyridine rings is 1. The molecule has 0 radical (unpaired) electrons. The first kappa shape index (κ1) is 11.6. The molecule has 0 aliphatic rings. The highest BCUT2D eigenvalue weighted by Gasteiger charge is 1.99. The number of nitrogens with one attached hydrogen (secondary N) is 1. The van der Waals surface area contributed by atoms with Crippen LogP contribution >= 0.6 is 31.9 Å². The number of rotatable bonds is 2. The molecule has 0 unspecified atom stereocenters. The lowest BCUT2D eigenvalue weighted by Crippen LogP contribution is -1.91. The molecular formula is C12H10Br2N2. The summed E-state index contributed by atoms with van der Waals surface area (Å²) in [6.45, 7) is 2.06. The SMILES string of the molecule is Cc1cc(Nc2cncc(Br)c2)ccc1Br. The maximum Gasteiger partial charge on any atom is 0.0582 e. The molecular weight excluding hydrogens is 332 g/mol. The van der Waals surface area contributed by atoms with Crippen LogP contribution in [0.15, 0.2) is 45.6 Å². The molecule has 0 amide bonds. The molecule has 1 aromatic carbocycles. The maximum atomic E-state index is 4.10. The number of aromatic nitrogens is 1. The number of aryl methyl sites for hydroxylation is 1. The third-order valence-electron chi connectivity index (χ3n) is 2.15. The van der Waals surface area contributed by atoms with Crippen molar-refractivity contribution in [1.29, 1.82) is 0 Å². The van der Waals surface area contributed by atoms with Gasteiger partial charge >= 0.3 is 0 Å². The van der Waals surface area contributed by atoms with E-state index in [1.165, 1.54) is 5.56 Å². The van der Waals surface area contributed by atoms with Gasteiger partial charge in [0.1, 0.15) is 0 Å². The zero-order valence-corrected chi connectivity index (χ0v) is 11.8. The lowest BCUT2D eigenvalue weighted by molar-refractivity contribution is 1.30. The molecule has 0 spiro atoms. The molecule has 0 saturated heterocycles. The molecule has 0 atom stereocenters. The summed E-state index contributed by atoms with van der Waals surface area (Å²) in [7, 11) is 0. The maximum absolute atomic E-state index is 4.10. The molecule has 0 bridgehead atoms. The Morgan fingerprint density at radius 1 is 1.06 bits per heavy atom. The van der Waals surface area contributed by atoms with Gasteiger partial charge in [0.15, 0.2) is 0 Å². The molecule has 0 fully saturated rings. The Bertz CT molecular complexity index is 512. The van der Waals surface area contributed by atoms with E-state index in [1.54, 1.807) is 12.4 Å². The van der Waals surface area contributed by atoms with Crippen LogP contribution < -0.4 is 5.32 Å². The minimum absolute atomic E-state index is 0.964. The van der Waals surface area contributed by atoms with Crippen LogP contribution in [0.5, 0.6) is 0 Å². The molecule has 0 aliphatic carbocycles. The van der Waals surface area contributed by atoms with E-state index in [2.05, 4.69) is 55.2 Å². The second-order valence-corrected chi connectivity index (χ2v) is 5.25. The average Bonchev–Trinajstić information content (AvgIpc) is 2.24. The first-order chi connectivity index (χ1) is 7.65. The highest BCUT2D eigenvalue weighted by atomic mass is 79.9. The van der Waals surface area contributed by atoms with Crippen molar-refractivity contribution >= 4 is 43.2 Å². The molecule has 1 heterocycles. The van der Waals surface area contributed by atoms with Crippen LogP contribution in [0.1, 0.15) is 5.56 Å². The predicted molar refractivity (Wildman–Crippen MR) is 74.1 cm³/mol. The lowest BCUT2D eigenvalue weighted by Gasteiger charge is -2.07. The minimum Gasteiger partial charge on any atom is -0.354 e. The molecule has 2 rings (SSSR count). The van der Waals surface area contributed by atoms with Crippen LogP contribution in [-0.4, -0.2) is 4.98 Å². The van der Waals surface area contributed by atoms with E-state index in [1.807, 2.05) is 18.2 Å². The van der Waals surface area contributed by atoms with Gasteiger partial charge in [-0.2, -0.15) is 0 Å². The Hall–Kier alpha value is -0.870. The lowest BCUT2D eigenvalue weighted by atomic mass is 10.2. The van der Waals surface area contributed by atoms with Gasteiger partial charge < -0.3 is 5.32 Å². The van der Waals surface area contributed by atoms with Gasteiger partial charge in [-0.1, -0.05) is 15.9 Å². The Balaban J connectivity index is 2.24. The Labute approximate surface area is 111 Å². The van der Waals surface area contributed by atoms with Crippen molar-refractivity contribution in [1.82, 2.24) is 4.98 Å². The highest BCUT2D eigenvalue weighted by Crippen LogP contribution is 2.23.